The summed E-state index contributed by atoms with van der Waals surface area (Å²) in [6.45, 7) is 2.61. The van der Waals surface area contributed by atoms with Crippen LogP contribution in [0.2, 0.25) is 0 Å². The number of carbonyl (C=O) groups is 1. The molecule has 1 atom stereocenters. The summed E-state index contributed by atoms with van der Waals surface area (Å²) in [7, 11) is 0. The molecule has 1 N–H and O–H groups in total. The summed E-state index contributed by atoms with van der Waals surface area (Å²) in [6, 6.07) is 5.89. The highest BCUT2D eigenvalue weighted by Gasteiger charge is 2.29. The second-order valence-electron chi connectivity index (χ2n) is 4.61. The lowest BCUT2D eigenvalue weighted by Gasteiger charge is -2.25. The average molecular weight is 233 g/mol. The van der Waals surface area contributed by atoms with Crippen molar-refractivity contribution < 1.29 is 14.6 Å². The molecule has 17 heavy (non-hydrogen) atoms. The summed E-state index contributed by atoms with van der Waals surface area (Å²) < 4.78 is 5.41. The van der Waals surface area contributed by atoms with Crippen molar-refractivity contribution in [1.82, 2.24) is 0 Å². The van der Waals surface area contributed by atoms with E-state index in [4.69, 9.17) is 9.84 Å². The van der Waals surface area contributed by atoms with Gasteiger partial charge in [0.2, 0.25) is 0 Å². The van der Waals surface area contributed by atoms with Crippen LogP contribution in [0.4, 0.5) is 5.69 Å². The number of fused-ring (bicyclic) bond motifs is 1. The molecule has 2 aliphatic rings. The van der Waals surface area contributed by atoms with E-state index >= 15 is 0 Å². The Morgan fingerprint density at radius 2 is 2.35 bits per heavy atom. The molecule has 2 aliphatic heterocycles. The van der Waals surface area contributed by atoms with Crippen LogP contribution in [0.1, 0.15) is 22.3 Å². The molecular weight excluding hydrogens is 218 g/mol. The molecule has 3 rings (SSSR count). The van der Waals surface area contributed by atoms with Crippen molar-refractivity contribution >= 4 is 11.7 Å². The van der Waals surface area contributed by atoms with Crippen LogP contribution in [-0.2, 0) is 11.2 Å². The first-order chi connectivity index (χ1) is 8.25. The van der Waals surface area contributed by atoms with Crippen LogP contribution < -0.4 is 4.90 Å². The Hall–Kier alpha value is -1.55. The van der Waals surface area contributed by atoms with Gasteiger partial charge in [0.25, 0.3) is 0 Å². The maximum absolute atomic E-state index is 10.9. The molecule has 0 bridgehead atoms. The lowest BCUT2D eigenvalue weighted by atomic mass is 10.1. The number of aromatic carboxylic acids is 1. The van der Waals surface area contributed by atoms with Crippen LogP contribution in [0.3, 0.4) is 0 Å². The third-order valence-electron chi connectivity index (χ3n) is 3.60. The van der Waals surface area contributed by atoms with E-state index in [1.807, 2.05) is 6.07 Å². The predicted octanol–water partition coefficient (Wildman–Crippen LogP) is 1.54. The number of benzene rings is 1. The number of ether oxygens (including phenoxy) is 1. The molecular formula is C13H15NO3. The Kier molecular flexibility index (Phi) is 2.52. The van der Waals surface area contributed by atoms with Crippen molar-refractivity contribution in [2.24, 2.45) is 0 Å². The van der Waals surface area contributed by atoms with Crippen LogP contribution >= 0.6 is 0 Å². The van der Waals surface area contributed by atoms with Gasteiger partial charge in [-0.15, -0.1) is 0 Å². The zero-order chi connectivity index (χ0) is 11.8. The van der Waals surface area contributed by atoms with Gasteiger partial charge in [-0.25, -0.2) is 4.79 Å². The van der Waals surface area contributed by atoms with Crippen LogP contribution in [-0.4, -0.2) is 36.9 Å². The van der Waals surface area contributed by atoms with Crippen molar-refractivity contribution in [2.45, 2.75) is 18.9 Å². The van der Waals surface area contributed by atoms with Gasteiger partial charge < -0.3 is 14.7 Å². The fraction of sp³-hybridized carbons (Fsp3) is 0.462. The molecule has 0 amide bonds. The molecule has 0 aromatic heterocycles. The summed E-state index contributed by atoms with van der Waals surface area (Å²) in [5.74, 6) is -0.851. The number of hydrogen-bond donors (Lipinski definition) is 1. The lowest BCUT2D eigenvalue weighted by Crippen LogP contribution is -2.33. The van der Waals surface area contributed by atoms with Crippen LogP contribution in [0, 0.1) is 0 Å². The summed E-state index contributed by atoms with van der Waals surface area (Å²) >= 11 is 0. The number of hydrogen-bond acceptors (Lipinski definition) is 3. The topological polar surface area (TPSA) is 49.8 Å². The van der Waals surface area contributed by atoms with Gasteiger partial charge in [-0.2, -0.15) is 0 Å². The van der Waals surface area contributed by atoms with Crippen molar-refractivity contribution in [1.29, 1.82) is 0 Å². The van der Waals surface area contributed by atoms with E-state index in [1.165, 1.54) is 5.69 Å². The Labute approximate surface area is 99.8 Å². The summed E-state index contributed by atoms with van der Waals surface area (Å²) in [5, 5.41) is 8.96. The zero-order valence-corrected chi connectivity index (χ0v) is 9.56. The Bertz CT molecular complexity index is 452. The van der Waals surface area contributed by atoms with Crippen molar-refractivity contribution in [3.05, 3.63) is 29.3 Å². The SMILES string of the molecule is O=C(O)c1ccc2c(c1)CCN2C1CCOC1. The number of anilines is 1. The van der Waals surface area contributed by atoms with Gasteiger partial charge in [0.1, 0.15) is 0 Å². The molecule has 1 fully saturated rings. The maximum atomic E-state index is 10.9. The average Bonchev–Trinajstić information content (AvgIpc) is 2.96. The van der Waals surface area contributed by atoms with E-state index in [1.54, 1.807) is 12.1 Å². The molecule has 1 unspecified atom stereocenters. The van der Waals surface area contributed by atoms with E-state index in [9.17, 15) is 4.79 Å². The van der Waals surface area contributed by atoms with E-state index < -0.39 is 5.97 Å². The second kappa shape index (κ2) is 4.04. The maximum Gasteiger partial charge on any atom is 0.335 e. The highest BCUT2D eigenvalue weighted by Crippen LogP contribution is 2.32. The van der Waals surface area contributed by atoms with Crippen LogP contribution in [0.15, 0.2) is 18.2 Å². The number of rotatable bonds is 2. The summed E-state index contributed by atoms with van der Waals surface area (Å²) in [5.41, 5.74) is 2.72. The molecule has 0 radical (unpaired) electrons. The van der Waals surface area contributed by atoms with Gasteiger partial charge in [0.05, 0.1) is 18.2 Å². The molecule has 4 heteroatoms. The minimum atomic E-state index is -0.851. The van der Waals surface area contributed by atoms with E-state index in [0.717, 1.165) is 38.2 Å². The highest BCUT2D eigenvalue weighted by atomic mass is 16.5. The molecule has 90 valence electrons. The Morgan fingerprint density at radius 1 is 1.47 bits per heavy atom. The minimum absolute atomic E-state index is 0.383. The monoisotopic (exact) mass is 233 g/mol. The Morgan fingerprint density at radius 3 is 3.06 bits per heavy atom. The molecule has 2 heterocycles. The zero-order valence-electron chi connectivity index (χ0n) is 9.56. The molecule has 1 aromatic rings. The van der Waals surface area contributed by atoms with Gasteiger partial charge in [-0.05, 0) is 36.6 Å². The van der Waals surface area contributed by atoms with Crippen molar-refractivity contribution in [2.75, 3.05) is 24.7 Å². The van der Waals surface area contributed by atoms with E-state index in [-0.39, 0.29) is 0 Å². The quantitative estimate of drug-likeness (QED) is 0.841. The minimum Gasteiger partial charge on any atom is -0.478 e. The summed E-state index contributed by atoms with van der Waals surface area (Å²) in [4.78, 5) is 13.3. The number of carboxylic acids is 1. The molecule has 1 saturated heterocycles. The van der Waals surface area contributed by atoms with Gasteiger partial charge in [0, 0.05) is 18.8 Å². The fourth-order valence-corrected chi connectivity index (χ4v) is 2.71. The first-order valence-corrected chi connectivity index (χ1v) is 5.96. The Balaban J connectivity index is 1.89. The third-order valence-corrected chi connectivity index (χ3v) is 3.60. The van der Waals surface area contributed by atoms with Gasteiger partial charge in [-0.1, -0.05) is 0 Å². The highest BCUT2D eigenvalue weighted by molar-refractivity contribution is 5.88. The van der Waals surface area contributed by atoms with Crippen LogP contribution in [0.25, 0.3) is 0 Å². The standard InChI is InChI=1S/C13H15NO3/c15-13(16)10-1-2-12-9(7-10)3-5-14(12)11-4-6-17-8-11/h1-2,7,11H,3-6,8H2,(H,15,16). The normalized spacial score (nSPS) is 22.8. The molecule has 0 saturated carbocycles. The second-order valence-corrected chi connectivity index (χ2v) is 4.61. The molecule has 0 aliphatic carbocycles. The number of carboxylic acid groups (broad SMARTS) is 1. The van der Waals surface area contributed by atoms with Crippen LogP contribution in [0.5, 0.6) is 0 Å². The molecule has 1 aromatic carbocycles. The lowest BCUT2D eigenvalue weighted by molar-refractivity contribution is 0.0697. The predicted molar refractivity (Wildman–Crippen MR) is 63.7 cm³/mol. The number of nitrogens with zero attached hydrogens (tertiary/aromatic N) is 1. The largest absolute Gasteiger partial charge is 0.478 e. The fourth-order valence-electron chi connectivity index (χ4n) is 2.71. The molecule has 4 nitrogen and oxygen atoms in total. The van der Waals surface area contributed by atoms with Gasteiger partial charge in [0.15, 0.2) is 0 Å². The van der Waals surface area contributed by atoms with Gasteiger partial charge >= 0.3 is 5.97 Å². The molecule has 0 spiro atoms. The third kappa shape index (κ3) is 1.78. The van der Waals surface area contributed by atoms with Crippen molar-refractivity contribution in [3.8, 4) is 0 Å². The van der Waals surface area contributed by atoms with E-state index in [0.29, 0.717) is 11.6 Å². The van der Waals surface area contributed by atoms with Crippen molar-refractivity contribution in [3.63, 3.8) is 0 Å². The summed E-state index contributed by atoms with van der Waals surface area (Å²) in [6.07, 6.45) is 2.01. The smallest absolute Gasteiger partial charge is 0.335 e. The van der Waals surface area contributed by atoms with Gasteiger partial charge in [-0.3, -0.25) is 0 Å². The first kappa shape index (κ1) is 10.6. The van der Waals surface area contributed by atoms with E-state index in [2.05, 4.69) is 4.90 Å². The first-order valence-electron chi connectivity index (χ1n) is 5.96.